The van der Waals surface area contributed by atoms with E-state index in [4.69, 9.17) is 26.1 Å². The smallest absolute Gasteiger partial charge is 0.222 e. The largest absolute Gasteiger partial charge is 0.475 e. The number of rotatable bonds is 11. The molecule has 2 aromatic carbocycles. The molecule has 1 aliphatic heterocycles. The van der Waals surface area contributed by atoms with Crippen LogP contribution in [0.15, 0.2) is 65.8 Å². The number of benzene rings is 2. The molecule has 0 spiro atoms. The van der Waals surface area contributed by atoms with Gasteiger partial charge in [-0.2, -0.15) is 13.5 Å². The molecule has 1 N–H and O–H groups in total. The van der Waals surface area contributed by atoms with Crippen LogP contribution in [-0.4, -0.2) is 63.5 Å². The standard InChI is InChI=1S/C37H35ClN6O4S.H2S/c1-21-22(2)49-37-34(21)35(24-6-9-29(38)10-7-24)41-31(36-43-42-23(3)44(36)37)19-32(46)39-12-13-47-14-15-48-33-11-8-27(20-40-33)25-4-5-26-17-30(45)18-28(26)16-25;/h4-11,16,20,31H,12-15,17-19H2,1-3H3,(H,39,46);1H2/t31-;/m0./s1. The Morgan fingerprint density at radius 2 is 1.72 bits per heavy atom. The molecule has 5 aromatic rings. The van der Waals surface area contributed by atoms with Gasteiger partial charge < -0.3 is 14.8 Å². The van der Waals surface area contributed by atoms with Crippen LogP contribution in [0.3, 0.4) is 0 Å². The zero-order valence-corrected chi connectivity index (χ0v) is 30.5. The van der Waals surface area contributed by atoms with Gasteiger partial charge in [0.1, 0.15) is 29.3 Å². The van der Waals surface area contributed by atoms with E-state index in [9.17, 15) is 9.59 Å². The molecule has 0 bridgehead atoms. The minimum atomic E-state index is -0.536. The molecule has 0 radical (unpaired) electrons. The first-order chi connectivity index (χ1) is 23.7. The number of hydrogen-bond acceptors (Lipinski definition) is 9. The molecule has 0 unspecified atom stereocenters. The minimum Gasteiger partial charge on any atom is -0.475 e. The molecule has 258 valence electrons. The first-order valence-electron chi connectivity index (χ1n) is 16.2. The van der Waals surface area contributed by atoms with Crippen LogP contribution in [0.4, 0.5) is 0 Å². The van der Waals surface area contributed by atoms with E-state index in [2.05, 4.69) is 40.4 Å². The second-order valence-electron chi connectivity index (χ2n) is 12.2. The molecule has 1 atom stereocenters. The molecule has 0 fully saturated rings. The Bertz CT molecular complexity index is 2070. The van der Waals surface area contributed by atoms with Gasteiger partial charge in [0.15, 0.2) is 5.82 Å². The van der Waals surface area contributed by atoms with Crippen LogP contribution in [-0.2, 0) is 27.2 Å². The van der Waals surface area contributed by atoms with E-state index >= 15 is 0 Å². The molecule has 1 aliphatic carbocycles. The van der Waals surface area contributed by atoms with Gasteiger partial charge in [-0.25, -0.2) is 4.98 Å². The second-order valence-corrected chi connectivity index (χ2v) is 13.8. The highest BCUT2D eigenvalue weighted by Gasteiger charge is 2.32. The van der Waals surface area contributed by atoms with Crippen molar-refractivity contribution in [1.82, 2.24) is 25.1 Å². The average molecular weight is 729 g/mol. The third-order valence-electron chi connectivity index (χ3n) is 8.83. The highest BCUT2D eigenvalue weighted by Crippen LogP contribution is 2.39. The lowest BCUT2D eigenvalue weighted by molar-refractivity contribution is -0.121. The highest BCUT2D eigenvalue weighted by atomic mass is 35.5. The van der Waals surface area contributed by atoms with Crippen molar-refractivity contribution in [1.29, 1.82) is 0 Å². The summed E-state index contributed by atoms with van der Waals surface area (Å²) in [5.41, 5.74) is 8.11. The maximum absolute atomic E-state index is 13.2. The maximum Gasteiger partial charge on any atom is 0.222 e. The van der Waals surface area contributed by atoms with Gasteiger partial charge in [0, 0.05) is 58.2 Å². The number of aliphatic imine (C=N–C) groups is 1. The van der Waals surface area contributed by atoms with E-state index in [1.807, 2.05) is 60.0 Å². The number of nitrogens with zero attached hydrogens (tertiary/aromatic N) is 5. The number of ether oxygens (including phenoxy) is 2. The van der Waals surface area contributed by atoms with Gasteiger partial charge >= 0.3 is 0 Å². The van der Waals surface area contributed by atoms with Crippen molar-refractivity contribution in [3.63, 3.8) is 0 Å². The molecule has 50 heavy (non-hydrogen) atoms. The summed E-state index contributed by atoms with van der Waals surface area (Å²) >= 11 is 7.88. The number of aryl methyl sites for hydroxylation is 2. The fourth-order valence-corrected chi connectivity index (χ4v) is 7.56. The number of hydrogen-bond donors (Lipinski definition) is 1. The Kier molecular flexibility index (Phi) is 10.8. The Morgan fingerprint density at radius 3 is 2.50 bits per heavy atom. The summed E-state index contributed by atoms with van der Waals surface area (Å²) in [5, 5.41) is 13.4. The van der Waals surface area contributed by atoms with Crippen molar-refractivity contribution in [2.45, 2.75) is 46.1 Å². The summed E-state index contributed by atoms with van der Waals surface area (Å²) in [6.45, 7) is 7.46. The fraction of sp³-hybridized carbons (Fsp3) is 0.297. The average Bonchev–Trinajstić information content (AvgIpc) is 3.73. The van der Waals surface area contributed by atoms with Gasteiger partial charge in [-0.1, -0.05) is 41.9 Å². The minimum absolute atomic E-state index is 0. The van der Waals surface area contributed by atoms with E-state index in [-0.39, 0.29) is 31.6 Å². The number of fused-ring (bicyclic) bond motifs is 4. The van der Waals surface area contributed by atoms with E-state index in [1.165, 1.54) is 4.88 Å². The lowest BCUT2D eigenvalue weighted by atomic mass is 9.99. The number of pyridine rings is 1. The van der Waals surface area contributed by atoms with Crippen molar-refractivity contribution in [2.75, 3.05) is 26.4 Å². The number of carbonyl (C=O) groups excluding carboxylic acids is 2. The Labute approximate surface area is 306 Å². The van der Waals surface area contributed by atoms with Crippen molar-refractivity contribution in [2.24, 2.45) is 4.99 Å². The van der Waals surface area contributed by atoms with Crippen LogP contribution in [0, 0.1) is 20.8 Å². The van der Waals surface area contributed by atoms with Crippen molar-refractivity contribution >= 4 is 53.8 Å². The summed E-state index contributed by atoms with van der Waals surface area (Å²) in [5.74, 6) is 1.99. The molecule has 4 heterocycles. The van der Waals surface area contributed by atoms with Crippen LogP contribution < -0.4 is 10.1 Å². The molecular weight excluding hydrogens is 692 g/mol. The van der Waals surface area contributed by atoms with E-state index in [0.717, 1.165) is 55.5 Å². The number of nitrogens with one attached hydrogen (secondary N) is 1. The van der Waals surface area contributed by atoms with Crippen LogP contribution >= 0.6 is 36.4 Å². The highest BCUT2D eigenvalue weighted by molar-refractivity contribution is 7.59. The molecule has 0 saturated carbocycles. The zero-order chi connectivity index (χ0) is 34.1. The van der Waals surface area contributed by atoms with Gasteiger partial charge in [-0.05, 0) is 61.2 Å². The number of halogens is 1. The van der Waals surface area contributed by atoms with Gasteiger partial charge in [0.2, 0.25) is 11.8 Å². The Morgan fingerprint density at radius 1 is 0.960 bits per heavy atom. The lowest BCUT2D eigenvalue weighted by Crippen LogP contribution is -2.29. The second kappa shape index (κ2) is 15.3. The van der Waals surface area contributed by atoms with Crippen molar-refractivity contribution in [3.05, 3.63) is 110 Å². The Balaban J connectivity index is 0.00000432. The normalized spacial score (nSPS) is 14.6. The van der Waals surface area contributed by atoms with Crippen LogP contribution in [0.2, 0.25) is 5.02 Å². The first kappa shape index (κ1) is 35.5. The monoisotopic (exact) mass is 728 g/mol. The fourth-order valence-electron chi connectivity index (χ4n) is 6.22. The molecule has 7 rings (SSSR count). The van der Waals surface area contributed by atoms with Gasteiger partial charge in [0.05, 0.1) is 25.3 Å². The third-order valence-corrected chi connectivity index (χ3v) is 10.3. The number of Topliss-reactive ketones (excluding diaryl/α,β-unsaturated/α-hetero) is 1. The molecule has 0 saturated heterocycles. The number of ketones is 1. The number of amides is 1. The van der Waals surface area contributed by atoms with Gasteiger partial charge in [-0.3, -0.25) is 19.1 Å². The third kappa shape index (κ3) is 7.39. The molecule has 13 heteroatoms. The van der Waals surface area contributed by atoms with Crippen molar-refractivity contribution < 1.29 is 19.1 Å². The van der Waals surface area contributed by atoms with E-state index in [1.54, 1.807) is 17.5 Å². The summed E-state index contributed by atoms with van der Waals surface area (Å²) in [7, 11) is 0. The molecule has 10 nitrogen and oxygen atoms in total. The maximum atomic E-state index is 13.2. The summed E-state index contributed by atoms with van der Waals surface area (Å²) < 4.78 is 13.5. The van der Waals surface area contributed by atoms with E-state index in [0.29, 0.717) is 55.9 Å². The SMILES string of the molecule is Cc1sc2c(c1C)C(c1ccc(Cl)cc1)=N[C@@H](CC(=O)NCCOCCOc1ccc(-c3ccc4c(c3)CC(=O)C4)cn1)c1nnc(C)n1-2.S. The molecule has 1 amide bonds. The molecule has 3 aromatic heterocycles. The van der Waals surface area contributed by atoms with E-state index < -0.39 is 6.04 Å². The number of thiophene rings is 1. The van der Waals surface area contributed by atoms with Gasteiger partial charge in [-0.15, -0.1) is 21.5 Å². The number of carbonyl (C=O) groups is 2. The van der Waals surface area contributed by atoms with Gasteiger partial charge in [0.25, 0.3) is 0 Å². The van der Waals surface area contributed by atoms with Crippen LogP contribution in [0.5, 0.6) is 5.88 Å². The number of aromatic nitrogens is 4. The predicted molar refractivity (Wildman–Crippen MR) is 200 cm³/mol. The topological polar surface area (TPSA) is 121 Å². The first-order valence-corrected chi connectivity index (χ1v) is 17.4. The summed E-state index contributed by atoms with van der Waals surface area (Å²) in [6, 6.07) is 17.0. The quantitative estimate of drug-likeness (QED) is 0.160. The lowest BCUT2D eigenvalue weighted by Gasteiger charge is -2.13. The molecule has 2 aliphatic rings. The summed E-state index contributed by atoms with van der Waals surface area (Å²) in [6.07, 6.45) is 2.91. The van der Waals surface area contributed by atoms with Crippen LogP contribution in [0.1, 0.15) is 56.8 Å². The van der Waals surface area contributed by atoms with Crippen molar-refractivity contribution in [3.8, 4) is 22.0 Å². The Hall–Kier alpha value is -4.36. The predicted octanol–water partition coefficient (Wildman–Crippen LogP) is 6.24. The zero-order valence-electron chi connectivity index (χ0n) is 28.0. The molecular formula is C37H37ClN6O4S2. The summed E-state index contributed by atoms with van der Waals surface area (Å²) in [4.78, 5) is 35.7. The van der Waals surface area contributed by atoms with Crippen LogP contribution in [0.25, 0.3) is 16.1 Å².